The maximum Gasteiger partial charge on any atom is 0.257 e. The summed E-state index contributed by atoms with van der Waals surface area (Å²) in [7, 11) is 0. The molecular formula is C20H24FN5O3. The minimum atomic E-state index is -0.334. The highest BCUT2D eigenvalue weighted by atomic mass is 19.1. The average Bonchev–Trinajstić information content (AvgIpc) is 3.24. The molecule has 0 spiro atoms. The van der Waals surface area contributed by atoms with Crippen molar-refractivity contribution in [3.05, 3.63) is 41.8 Å². The number of piperazine rings is 1. The Morgan fingerprint density at radius 2 is 1.66 bits per heavy atom. The molecule has 2 saturated heterocycles. The molecule has 3 heterocycles. The zero-order valence-corrected chi connectivity index (χ0v) is 16.1. The molecule has 8 nitrogen and oxygen atoms in total. The third-order valence-corrected chi connectivity index (χ3v) is 5.38. The van der Waals surface area contributed by atoms with Crippen molar-refractivity contribution in [3.63, 3.8) is 0 Å². The smallest absolute Gasteiger partial charge is 0.257 e. The van der Waals surface area contributed by atoms with Crippen LogP contribution in [0, 0.1) is 5.82 Å². The zero-order chi connectivity index (χ0) is 20.2. The number of halogens is 1. The van der Waals surface area contributed by atoms with Gasteiger partial charge in [0.15, 0.2) is 0 Å². The van der Waals surface area contributed by atoms with Gasteiger partial charge >= 0.3 is 0 Å². The number of carbonyl (C=O) groups excluding carboxylic acids is 2. The number of morpholine rings is 1. The number of H-pyrrole nitrogens is 1. The summed E-state index contributed by atoms with van der Waals surface area (Å²) in [5.41, 5.74) is 1.72. The number of rotatable bonds is 4. The molecule has 9 heteroatoms. The lowest BCUT2D eigenvalue weighted by Gasteiger charge is -2.36. The lowest BCUT2D eigenvalue weighted by molar-refractivity contribution is -0.134. The molecule has 2 amide bonds. The highest BCUT2D eigenvalue weighted by Crippen LogP contribution is 2.23. The first kappa shape index (κ1) is 19.5. The number of hydrogen-bond acceptors (Lipinski definition) is 5. The number of nitrogens with one attached hydrogen (secondary N) is 1. The minimum Gasteiger partial charge on any atom is -0.379 e. The van der Waals surface area contributed by atoms with Crippen LogP contribution in [0.2, 0.25) is 0 Å². The number of amides is 2. The van der Waals surface area contributed by atoms with Gasteiger partial charge in [-0.05, 0) is 24.3 Å². The van der Waals surface area contributed by atoms with Crippen molar-refractivity contribution in [2.24, 2.45) is 0 Å². The molecule has 1 aromatic carbocycles. The minimum absolute atomic E-state index is 0.0920. The first-order valence-corrected chi connectivity index (χ1v) is 9.78. The molecule has 2 aromatic rings. The van der Waals surface area contributed by atoms with E-state index in [1.165, 1.54) is 18.3 Å². The van der Waals surface area contributed by atoms with Gasteiger partial charge in [0.25, 0.3) is 5.91 Å². The van der Waals surface area contributed by atoms with E-state index in [9.17, 15) is 14.0 Å². The van der Waals surface area contributed by atoms with E-state index in [1.54, 1.807) is 17.0 Å². The molecule has 0 unspecified atom stereocenters. The van der Waals surface area contributed by atoms with Gasteiger partial charge in [-0.25, -0.2) is 4.39 Å². The van der Waals surface area contributed by atoms with Crippen molar-refractivity contribution < 1.29 is 18.7 Å². The molecule has 0 atom stereocenters. The monoisotopic (exact) mass is 401 g/mol. The number of benzene rings is 1. The van der Waals surface area contributed by atoms with Gasteiger partial charge in [-0.2, -0.15) is 5.10 Å². The summed E-state index contributed by atoms with van der Waals surface area (Å²) >= 11 is 0. The Morgan fingerprint density at radius 3 is 2.34 bits per heavy atom. The lowest BCUT2D eigenvalue weighted by Crippen LogP contribution is -2.53. The lowest BCUT2D eigenvalue weighted by atomic mass is 10.1. The van der Waals surface area contributed by atoms with Crippen molar-refractivity contribution in [1.82, 2.24) is 24.9 Å². The number of aromatic nitrogens is 2. The first-order chi connectivity index (χ1) is 14.1. The Labute approximate surface area is 168 Å². The molecule has 1 aromatic heterocycles. The molecular weight excluding hydrogens is 377 g/mol. The number of carbonyl (C=O) groups is 2. The first-order valence-electron chi connectivity index (χ1n) is 9.78. The molecule has 2 aliphatic heterocycles. The number of aromatic amines is 1. The van der Waals surface area contributed by atoms with E-state index in [2.05, 4.69) is 15.1 Å². The Kier molecular flexibility index (Phi) is 5.86. The summed E-state index contributed by atoms with van der Waals surface area (Å²) in [4.78, 5) is 31.2. The van der Waals surface area contributed by atoms with E-state index >= 15 is 0 Å². The van der Waals surface area contributed by atoms with Crippen LogP contribution in [0.25, 0.3) is 11.3 Å². The van der Waals surface area contributed by atoms with Crippen LogP contribution in [0.15, 0.2) is 30.5 Å². The van der Waals surface area contributed by atoms with Crippen molar-refractivity contribution >= 4 is 11.8 Å². The quantitative estimate of drug-likeness (QED) is 0.821. The zero-order valence-electron chi connectivity index (χ0n) is 16.1. The van der Waals surface area contributed by atoms with Gasteiger partial charge in [0, 0.05) is 44.8 Å². The molecule has 29 heavy (non-hydrogen) atoms. The number of nitrogens with zero attached hydrogens (tertiary/aromatic N) is 4. The number of hydrogen-bond donors (Lipinski definition) is 1. The van der Waals surface area contributed by atoms with Gasteiger partial charge in [-0.1, -0.05) is 0 Å². The fourth-order valence-corrected chi connectivity index (χ4v) is 3.66. The van der Waals surface area contributed by atoms with E-state index in [1.807, 2.05) is 4.90 Å². The van der Waals surface area contributed by atoms with Crippen LogP contribution >= 0.6 is 0 Å². The Hall–Kier alpha value is -2.78. The SMILES string of the molecule is O=C(CN1CCOCC1)N1CCN(C(=O)c2cn[nH]c2-c2ccc(F)cc2)CC1. The van der Waals surface area contributed by atoms with Crippen molar-refractivity contribution in [3.8, 4) is 11.3 Å². The van der Waals surface area contributed by atoms with E-state index < -0.39 is 0 Å². The standard InChI is InChI=1S/C20H24FN5O3/c21-16-3-1-15(2-4-16)19-17(13-22-23-19)20(28)26-7-5-25(6-8-26)18(27)14-24-9-11-29-12-10-24/h1-4,13H,5-12,14H2,(H,22,23). The van der Waals surface area contributed by atoms with E-state index in [-0.39, 0.29) is 17.6 Å². The maximum atomic E-state index is 13.2. The van der Waals surface area contributed by atoms with Crippen LogP contribution in [0.4, 0.5) is 4.39 Å². The highest BCUT2D eigenvalue weighted by molar-refractivity contribution is 5.99. The highest BCUT2D eigenvalue weighted by Gasteiger charge is 2.28. The predicted octanol–water partition coefficient (Wildman–Crippen LogP) is 0.832. The Morgan fingerprint density at radius 1 is 1.00 bits per heavy atom. The summed E-state index contributed by atoms with van der Waals surface area (Å²) in [6.45, 7) is 5.25. The third-order valence-electron chi connectivity index (χ3n) is 5.38. The summed E-state index contributed by atoms with van der Waals surface area (Å²) in [5, 5.41) is 6.83. The van der Waals surface area contributed by atoms with E-state index in [0.717, 1.165) is 13.1 Å². The van der Waals surface area contributed by atoms with E-state index in [4.69, 9.17) is 4.74 Å². The van der Waals surface area contributed by atoms with Gasteiger partial charge in [-0.3, -0.25) is 19.6 Å². The summed E-state index contributed by atoms with van der Waals surface area (Å²) in [5.74, 6) is -0.383. The molecule has 154 valence electrons. The second-order valence-electron chi connectivity index (χ2n) is 7.23. The van der Waals surface area contributed by atoms with Crippen LogP contribution < -0.4 is 0 Å². The van der Waals surface area contributed by atoms with Gasteiger partial charge in [0.1, 0.15) is 5.82 Å². The largest absolute Gasteiger partial charge is 0.379 e. The molecule has 1 N–H and O–H groups in total. The summed E-state index contributed by atoms with van der Waals surface area (Å²) in [6.07, 6.45) is 1.50. The van der Waals surface area contributed by atoms with Gasteiger partial charge < -0.3 is 14.5 Å². The molecule has 0 bridgehead atoms. The summed E-state index contributed by atoms with van der Waals surface area (Å²) < 4.78 is 18.5. The van der Waals surface area contributed by atoms with Crippen LogP contribution in [0.1, 0.15) is 10.4 Å². The molecule has 0 aliphatic carbocycles. The van der Waals surface area contributed by atoms with Crippen molar-refractivity contribution in [2.45, 2.75) is 0 Å². The van der Waals surface area contributed by atoms with Gasteiger partial charge in [0.2, 0.25) is 5.91 Å². The van der Waals surface area contributed by atoms with Gasteiger partial charge in [-0.15, -0.1) is 0 Å². The average molecular weight is 401 g/mol. The molecule has 0 saturated carbocycles. The van der Waals surface area contributed by atoms with Crippen molar-refractivity contribution in [1.29, 1.82) is 0 Å². The second kappa shape index (κ2) is 8.71. The fraction of sp³-hybridized carbons (Fsp3) is 0.450. The number of ether oxygens (including phenoxy) is 1. The summed E-state index contributed by atoms with van der Waals surface area (Å²) in [6, 6.07) is 5.93. The molecule has 2 fully saturated rings. The van der Waals surface area contributed by atoms with Crippen LogP contribution in [0.5, 0.6) is 0 Å². The normalized spacial score (nSPS) is 18.1. The topological polar surface area (TPSA) is 81.8 Å². The van der Waals surface area contributed by atoms with Crippen LogP contribution in [0.3, 0.4) is 0 Å². The Bertz CT molecular complexity index is 855. The Balaban J connectivity index is 1.35. The van der Waals surface area contributed by atoms with Gasteiger partial charge in [0.05, 0.1) is 37.2 Å². The third kappa shape index (κ3) is 4.46. The van der Waals surface area contributed by atoms with E-state index in [0.29, 0.717) is 62.8 Å². The molecule has 4 rings (SSSR count). The second-order valence-corrected chi connectivity index (χ2v) is 7.23. The van der Waals surface area contributed by atoms with Crippen molar-refractivity contribution in [2.75, 3.05) is 59.0 Å². The fourth-order valence-electron chi connectivity index (χ4n) is 3.66. The maximum absolute atomic E-state index is 13.2. The van der Waals surface area contributed by atoms with Crippen LogP contribution in [-0.4, -0.2) is 95.7 Å². The molecule has 0 radical (unpaired) electrons. The predicted molar refractivity (Wildman–Crippen MR) is 104 cm³/mol. The van der Waals surface area contributed by atoms with Crippen LogP contribution in [-0.2, 0) is 9.53 Å². The molecule has 2 aliphatic rings.